The van der Waals surface area contributed by atoms with Gasteiger partial charge in [-0.05, 0) is 18.2 Å². The van der Waals surface area contributed by atoms with E-state index in [1.807, 2.05) is 0 Å². The molecule has 3 aromatic rings. The van der Waals surface area contributed by atoms with Gasteiger partial charge >= 0.3 is 0 Å². The highest BCUT2D eigenvalue weighted by molar-refractivity contribution is 7.15. The minimum atomic E-state index is -0.0749. The van der Waals surface area contributed by atoms with Crippen LogP contribution in [0.1, 0.15) is 4.88 Å². The van der Waals surface area contributed by atoms with E-state index >= 15 is 0 Å². The van der Waals surface area contributed by atoms with Gasteiger partial charge in [0.2, 0.25) is 11.8 Å². The third kappa shape index (κ3) is 3.73. The fourth-order valence-corrected chi connectivity index (χ4v) is 2.86. The highest BCUT2D eigenvalue weighted by Crippen LogP contribution is 2.31. The van der Waals surface area contributed by atoms with E-state index in [1.54, 1.807) is 30.6 Å². The lowest BCUT2D eigenvalue weighted by atomic mass is 10.4. The van der Waals surface area contributed by atoms with Gasteiger partial charge in [-0.15, -0.1) is 11.3 Å². The van der Waals surface area contributed by atoms with Crippen molar-refractivity contribution in [1.82, 2.24) is 19.9 Å². The molecule has 0 aromatic carbocycles. The molecule has 0 amide bonds. The van der Waals surface area contributed by atoms with Crippen LogP contribution in [0.25, 0.3) is 10.7 Å². The van der Waals surface area contributed by atoms with E-state index in [9.17, 15) is 5.11 Å². The van der Waals surface area contributed by atoms with Gasteiger partial charge in [-0.1, -0.05) is 11.6 Å². The molecule has 0 unspecified atom stereocenters. The van der Waals surface area contributed by atoms with E-state index in [2.05, 4.69) is 25.3 Å². The Morgan fingerprint density at radius 2 is 2.04 bits per heavy atom. The standard InChI is InChI=1S/C14H12ClN5O2S/c15-11-2-1-8(7-17-11)18-14-16-5-3-9(19-14)13-20-12(22)10(23-13)4-6-21/h1-3,5,7,21-22H,4,6H2,(H,16,18,19). The molecule has 0 atom stereocenters. The molecule has 7 nitrogen and oxygen atoms in total. The van der Waals surface area contributed by atoms with Crippen molar-refractivity contribution < 1.29 is 10.2 Å². The lowest BCUT2D eigenvalue weighted by Crippen LogP contribution is -1.98. The maximum atomic E-state index is 9.76. The minimum absolute atomic E-state index is 0.0463. The Balaban J connectivity index is 1.84. The maximum Gasteiger partial charge on any atom is 0.227 e. The number of hydrogen-bond acceptors (Lipinski definition) is 8. The topological polar surface area (TPSA) is 104 Å². The largest absolute Gasteiger partial charge is 0.492 e. The van der Waals surface area contributed by atoms with Crippen LogP contribution in [0.3, 0.4) is 0 Å². The highest BCUT2D eigenvalue weighted by atomic mass is 35.5. The third-order valence-corrected chi connectivity index (χ3v) is 4.22. The molecule has 0 fully saturated rings. The van der Waals surface area contributed by atoms with Gasteiger partial charge < -0.3 is 15.5 Å². The molecular weight excluding hydrogens is 338 g/mol. The Labute approximate surface area is 140 Å². The second kappa shape index (κ2) is 6.86. The number of rotatable bonds is 5. The van der Waals surface area contributed by atoms with Crippen LogP contribution in [0, 0.1) is 0 Å². The lowest BCUT2D eigenvalue weighted by molar-refractivity contribution is 0.298. The molecule has 0 aliphatic rings. The molecule has 9 heteroatoms. The number of halogens is 1. The summed E-state index contributed by atoms with van der Waals surface area (Å²) in [5.41, 5.74) is 1.28. The monoisotopic (exact) mass is 349 g/mol. The van der Waals surface area contributed by atoms with Gasteiger partial charge in [-0.25, -0.2) is 15.0 Å². The molecule has 0 radical (unpaired) electrons. The van der Waals surface area contributed by atoms with Crippen LogP contribution in [0.15, 0.2) is 30.6 Å². The van der Waals surface area contributed by atoms with Crippen LogP contribution in [0.5, 0.6) is 5.88 Å². The fraction of sp³-hybridized carbons (Fsp3) is 0.143. The summed E-state index contributed by atoms with van der Waals surface area (Å²) < 4.78 is 0. The van der Waals surface area contributed by atoms with Crippen molar-refractivity contribution in [2.24, 2.45) is 0 Å². The van der Waals surface area contributed by atoms with Crippen LogP contribution in [0.4, 0.5) is 11.6 Å². The number of aromatic hydroxyl groups is 1. The van der Waals surface area contributed by atoms with Crippen LogP contribution in [0.2, 0.25) is 5.15 Å². The molecule has 3 aromatic heterocycles. The predicted octanol–water partition coefficient (Wildman–Crippen LogP) is 2.63. The van der Waals surface area contributed by atoms with Crippen molar-refractivity contribution >= 4 is 34.6 Å². The zero-order valence-electron chi connectivity index (χ0n) is 11.8. The molecule has 0 saturated carbocycles. The van der Waals surface area contributed by atoms with Crippen LogP contribution in [-0.2, 0) is 6.42 Å². The van der Waals surface area contributed by atoms with Crippen molar-refractivity contribution in [2.45, 2.75) is 6.42 Å². The number of thiazole rings is 1. The summed E-state index contributed by atoms with van der Waals surface area (Å²) >= 11 is 7.03. The first kappa shape index (κ1) is 15.6. The first-order valence-corrected chi connectivity index (χ1v) is 7.86. The number of pyridine rings is 1. The number of nitrogens with one attached hydrogen (secondary N) is 1. The zero-order valence-corrected chi connectivity index (χ0v) is 13.3. The molecule has 0 aliphatic heterocycles. The minimum Gasteiger partial charge on any atom is -0.492 e. The van der Waals surface area contributed by atoms with E-state index in [4.69, 9.17) is 16.7 Å². The zero-order chi connectivity index (χ0) is 16.2. The number of hydrogen-bond donors (Lipinski definition) is 3. The molecule has 3 N–H and O–H groups in total. The number of anilines is 2. The quantitative estimate of drug-likeness (QED) is 0.608. The van der Waals surface area contributed by atoms with Gasteiger partial charge in [0, 0.05) is 19.2 Å². The Kier molecular flexibility index (Phi) is 4.65. The lowest BCUT2D eigenvalue weighted by Gasteiger charge is -2.04. The van der Waals surface area contributed by atoms with E-state index < -0.39 is 0 Å². The van der Waals surface area contributed by atoms with Gasteiger partial charge in [-0.2, -0.15) is 4.98 Å². The van der Waals surface area contributed by atoms with Gasteiger partial charge in [-0.3, -0.25) is 0 Å². The van der Waals surface area contributed by atoms with E-state index in [-0.39, 0.29) is 12.5 Å². The molecule has 3 rings (SSSR count). The molecule has 118 valence electrons. The van der Waals surface area contributed by atoms with E-state index in [1.165, 1.54) is 11.3 Å². The molecular formula is C14H12ClN5O2S. The number of aliphatic hydroxyl groups is 1. The van der Waals surface area contributed by atoms with Gasteiger partial charge in [0.25, 0.3) is 0 Å². The van der Waals surface area contributed by atoms with Crippen molar-refractivity contribution in [3.8, 4) is 16.6 Å². The van der Waals surface area contributed by atoms with Crippen LogP contribution in [-0.4, -0.2) is 36.8 Å². The number of aromatic nitrogens is 4. The van der Waals surface area contributed by atoms with Crippen molar-refractivity contribution in [1.29, 1.82) is 0 Å². The predicted molar refractivity (Wildman–Crippen MR) is 88.1 cm³/mol. The second-order valence-electron chi connectivity index (χ2n) is 4.50. The summed E-state index contributed by atoms with van der Waals surface area (Å²) in [5.74, 6) is 0.305. The van der Waals surface area contributed by atoms with Crippen molar-refractivity contribution in [2.75, 3.05) is 11.9 Å². The number of aliphatic hydroxyl groups excluding tert-OH is 1. The summed E-state index contributed by atoms with van der Waals surface area (Å²) in [5, 5.41) is 22.7. The molecule has 0 bridgehead atoms. The summed E-state index contributed by atoms with van der Waals surface area (Å²) in [6.45, 7) is -0.0463. The smallest absolute Gasteiger partial charge is 0.227 e. The average molecular weight is 350 g/mol. The van der Waals surface area contributed by atoms with Crippen molar-refractivity contribution in [3.05, 3.63) is 40.6 Å². The second-order valence-corrected chi connectivity index (χ2v) is 5.97. The summed E-state index contributed by atoms with van der Waals surface area (Å²) in [4.78, 5) is 17.2. The molecule has 0 spiro atoms. The van der Waals surface area contributed by atoms with E-state index in [0.29, 0.717) is 38.8 Å². The highest BCUT2D eigenvalue weighted by Gasteiger charge is 2.13. The fourth-order valence-electron chi connectivity index (χ4n) is 1.83. The molecule has 23 heavy (non-hydrogen) atoms. The Hall–Kier alpha value is -2.29. The normalized spacial score (nSPS) is 10.7. The average Bonchev–Trinajstić information content (AvgIpc) is 2.92. The summed E-state index contributed by atoms with van der Waals surface area (Å²) in [6, 6.07) is 5.13. The molecule has 0 aliphatic carbocycles. The summed E-state index contributed by atoms with van der Waals surface area (Å²) in [6.07, 6.45) is 3.53. The van der Waals surface area contributed by atoms with Gasteiger partial charge in [0.05, 0.1) is 16.8 Å². The molecule has 0 saturated heterocycles. The maximum absolute atomic E-state index is 9.76. The summed E-state index contributed by atoms with van der Waals surface area (Å²) in [7, 11) is 0. The Morgan fingerprint density at radius 3 is 2.78 bits per heavy atom. The Bertz CT molecular complexity index is 809. The molecule has 3 heterocycles. The van der Waals surface area contributed by atoms with Gasteiger partial charge in [0.1, 0.15) is 15.9 Å². The first-order valence-electron chi connectivity index (χ1n) is 6.67. The SMILES string of the molecule is OCCc1sc(-c2ccnc(Nc3ccc(Cl)nc3)n2)nc1O. The van der Waals surface area contributed by atoms with E-state index in [0.717, 1.165) is 0 Å². The number of nitrogens with zero attached hydrogens (tertiary/aromatic N) is 4. The third-order valence-electron chi connectivity index (χ3n) is 2.87. The Morgan fingerprint density at radius 1 is 1.17 bits per heavy atom. The van der Waals surface area contributed by atoms with Crippen molar-refractivity contribution in [3.63, 3.8) is 0 Å². The van der Waals surface area contributed by atoms with Crippen LogP contribution >= 0.6 is 22.9 Å². The first-order chi connectivity index (χ1) is 11.2. The van der Waals surface area contributed by atoms with Crippen LogP contribution < -0.4 is 5.32 Å². The van der Waals surface area contributed by atoms with Gasteiger partial charge in [0.15, 0.2) is 0 Å².